The minimum atomic E-state index is -0.215. The van der Waals surface area contributed by atoms with Gasteiger partial charge in [-0.15, -0.1) is 0 Å². The Morgan fingerprint density at radius 2 is 1.93 bits per heavy atom. The Kier molecular flexibility index (Phi) is 2.14. The number of aliphatic hydroxyl groups excluding tert-OH is 1. The molecule has 3 rings (SSSR count). The van der Waals surface area contributed by atoms with E-state index in [0.717, 1.165) is 6.42 Å². The van der Waals surface area contributed by atoms with E-state index >= 15 is 0 Å². The number of rotatable bonds is 1. The van der Waals surface area contributed by atoms with Crippen molar-refractivity contribution in [1.82, 2.24) is 0 Å². The summed E-state index contributed by atoms with van der Waals surface area (Å²) in [5.41, 5.74) is 4.00. The maximum absolute atomic E-state index is 10.1. The molecular formula is C14H16O. The van der Waals surface area contributed by atoms with Gasteiger partial charge in [0, 0.05) is 0 Å². The van der Waals surface area contributed by atoms with Crippen molar-refractivity contribution in [2.24, 2.45) is 5.92 Å². The van der Waals surface area contributed by atoms with Crippen molar-refractivity contribution in [3.63, 3.8) is 0 Å². The van der Waals surface area contributed by atoms with E-state index in [2.05, 4.69) is 24.3 Å². The third-order valence-corrected chi connectivity index (χ3v) is 3.76. The number of aliphatic hydroxyl groups is 1. The topological polar surface area (TPSA) is 20.2 Å². The molecule has 2 aliphatic rings. The average Bonchev–Trinajstić information content (AvgIpc) is 2.78. The van der Waals surface area contributed by atoms with E-state index < -0.39 is 0 Å². The summed E-state index contributed by atoms with van der Waals surface area (Å²) in [6.45, 7) is 0. The molecule has 1 aromatic carbocycles. The third-order valence-electron chi connectivity index (χ3n) is 3.76. The van der Waals surface area contributed by atoms with Gasteiger partial charge >= 0.3 is 0 Å². The standard InChI is InChI=1S/C14H16O/c15-13-9-11-7-4-8-12(11)14(13)10-5-2-1-3-6-10/h1-3,5-6,11,13,15H,4,7-9H2/t11-,13-/m1/s1. The van der Waals surface area contributed by atoms with Crippen molar-refractivity contribution in [1.29, 1.82) is 0 Å². The van der Waals surface area contributed by atoms with Crippen LogP contribution in [0.15, 0.2) is 35.9 Å². The molecule has 0 radical (unpaired) electrons. The van der Waals surface area contributed by atoms with E-state index in [1.807, 2.05) is 6.07 Å². The lowest BCUT2D eigenvalue weighted by Crippen LogP contribution is -2.05. The molecule has 0 aliphatic heterocycles. The summed E-state index contributed by atoms with van der Waals surface area (Å²) in [4.78, 5) is 0. The van der Waals surface area contributed by atoms with Gasteiger partial charge in [-0.25, -0.2) is 0 Å². The second-order valence-corrected chi connectivity index (χ2v) is 4.65. The van der Waals surface area contributed by atoms with Gasteiger partial charge in [-0.3, -0.25) is 0 Å². The van der Waals surface area contributed by atoms with Gasteiger partial charge < -0.3 is 5.11 Å². The highest BCUT2D eigenvalue weighted by Crippen LogP contribution is 2.46. The fraction of sp³-hybridized carbons (Fsp3) is 0.429. The maximum atomic E-state index is 10.1. The molecule has 1 saturated carbocycles. The van der Waals surface area contributed by atoms with Crippen LogP contribution >= 0.6 is 0 Å². The summed E-state index contributed by atoms with van der Waals surface area (Å²) < 4.78 is 0. The van der Waals surface area contributed by atoms with Crippen molar-refractivity contribution in [2.75, 3.05) is 0 Å². The Morgan fingerprint density at radius 1 is 1.13 bits per heavy atom. The zero-order valence-corrected chi connectivity index (χ0v) is 8.82. The van der Waals surface area contributed by atoms with Crippen LogP contribution < -0.4 is 0 Å². The van der Waals surface area contributed by atoms with Crippen molar-refractivity contribution in [3.8, 4) is 0 Å². The summed E-state index contributed by atoms with van der Waals surface area (Å²) in [5.74, 6) is 0.676. The summed E-state index contributed by atoms with van der Waals surface area (Å²) in [5, 5.41) is 10.1. The SMILES string of the molecule is O[C@@H]1C[C@H]2CCCC2=C1c1ccccc1. The minimum absolute atomic E-state index is 0.215. The molecular weight excluding hydrogens is 184 g/mol. The second-order valence-electron chi connectivity index (χ2n) is 4.65. The number of benzene rings is 1. The summed E-state index contributed by atoms with van der Waals surface area (Å²) in [7, 11) is 0. The molecule has 15 heavy (non-hydrogen) atoms. The van der Waals surface area contributed by atoms with Gasteiger partial charge in [0.05, 0.1) is 6.10 Å². The van der Waals surface area contributed by atoms with Crippen LogP contribution in [0.4, 0.5) is 0 Å². The number of hydrogen-bond donors (Lipinski definition) is 1. The molecule has 0 bridgehead atoms. The zero-order valence-electron chi connectivity index (χ0n) is 8.82. The predicted molar refractivity (Wildman–Crippen MR) is 61.3 cm³/mol. The van der Waals surface area contributed by atoms with Crippen molar-refractivity contribution < 1.29 is 5.11 Å². The van der Waals surface area contributed by atoms with E-state index in [1.54, 1.807) is 0 Å². The highest BCUT2D eigenvalue weighted by Gasteiger charge is 2.35. The fourth-order valence-corrected chi connectivity index (χ4v) is 3.13. The Balaban J connectivity index is 2.07. The Bertz CT molecular complexity index is 391. The van der Waals surface area contributed by atoms with Crippen molar-refractivity contribution >= 4 is 5.57 Å². The molecule has 1 fully saturated rings. The fourth-order valence-electron chi connectivity index (χ4n) is 3.13. The van der Waals surface area contributed by atoms with E-state index in [4.69, 9.17) is 0 Å². The molecule has 0 amide bonds. The molecule has 0 spiro atoms. The average molecular weight is 200 g/mol. The van der Waals surface area contributed by atoms with Gasteiger partial charge in [-0.05, 0) is 42.7 Å². The highest BCUT2D eigenvalue weighted by atomic mass is 16.3. The number of allylic oxidation sites excluding steroid dienone is 1. The predicted octanol–water partition coefficient (Wildman–Crippen LogP) is 3.00. The molecule has 1 nitrogen and oxygen atoms in total. The quantitative estimate of drug-likeness (QED) is 0.738. The first-order chi connectivity index (χ1) is 7.36. The smallest absolute Gasteiger partial charge is 0.0801 e. The molecule has 0 unspecified atom stereocenters. The summed E-state index contributed by atoms with van der Waals surface area (Å²) in [6, 6.07) is 10.4. The van der Waals surface area contributed by atoms with Crippen LogP contribution in [0.3, 0.4) is 0 Å². The lowest BCUT2D eigenvalue weighted by molar-refractivity contribution is 0.216. The lowest BCUT2D eigenvalue weighted by Gasteiger charge is -2.10. The largest absolute Gasteiger partial charge is 0.388 e. The monoisotopic (exact) mass is 200 g/mol. The Morgan fingerprint density at radius 3 is 2.73 bits per heavy atom. The van der Waals surface area contributed by atoms with Gasteiger partial charge in [0.25, 0.3) is 0 Å². The normalized spacial score (nSPS) is 29.7. The molecule has 0 aromatic heterocycles. The van der Waals surface area contributed by atoms with Crippen molar-refractivity contribution in [2.45, 2.75) is 31.8 Å². The molecule has 2 aliphatic carbocycles. The highest BCUT2D eigenvalue weighted by molar-refractivity contribution is 5.74. The van der Waals surface area contributed by atoms with E-state index in [1.165, 1.54) is 36.0 Å². The molecule has 0 saturated heterocycles. The first-order valence-corrected chi connectivity index (χ1v) is 5.82. The molecule has 1 heteroatoms. The second kappa shape index (κ2) is 3.49. The summed E-state index contributed by atoms with van der Waals surface area (Å²) >= 11 is 0. The van der Waals surface area contributed by atoms with E-state index in [-0.39, 0.29) is 6.10 Å². The molecule has 1 aromatic rings. The van der Waals surface area contributed by atoms with E-state index in [0.29, 0.717) is 5.92 Å². The Hall–Kier alpha value is -1.08. The molecule has 2 atom stereocenters. The first kappa shape index (κ1) is 9.17. The van der Waals surface area contributed by atoms with Crippen molar-refractivity contribution in [3.05, 3.63) is 41.5 Å². The van der Waals surface area contributed by atoms with E-state index in [9.17, 15) is 5.11 Å². The molecule has 78 valence electrons. The molecule has 0 heterocycles. The zero-order chi connectivity index (χ0) is 10.3. The maximum Gasteiger partial charge on any atom is 0.0801 e. The van der Waals surface area contributed by atoms with Crippen LogP contribution in [0.1, 0.15) is 31.2 Å². The first-order valence-electron chi connectivity index (χ1n) is 5.82. The van der Waals surface area contributed by atoms with Crippen LogP contribution in [-0.4, -0.2) is 11.2 Å². The number of fused-ring (bicyclic) bond motifs is 1. The van der Waals surface area contributed by atoms with Gasteiger partial charge in [-0.2, -0.15) is 0 Å². The van der Waals surface area contributed by atoms with Gasteiger partial charge in [0.1, 0.15) is 0 Å². The van der Waals surface area contributed by atoms with Gasteiger partial charge in [0.2, 0.25) is 0 Å². The third kappa shape index (κ3) is 1.42. The van der Waals surface area contributed by atoms with Crippen LogP contribution in [0.2, 0.25) is 0 Å². The van der Waals surface area contributed by atoms with Crippen LogP contribution in [0, 0.1) is 5.92 Å². The lowest BCUT2D eigenvalue weighted by atomic mass is 9.99. The minimum Gasteiger partial charge on any atom is -0.388 e. The molecule has 1 N–H and O–H groups in total. The van der Waals surface area contributed by atoms with Crippen LogP contribution in [0.25, 0.3) is 5.57 Å². The summed E-state index contributed by atoms with van der Waals surface area (Å²) in [6.07, 6.45) is 4.53. The van der Waals surface area contributed by atoms with Gasteiger partial charge in [0.15, 0.2) is 0 Å². The Labute approximate surface area is 90.4 Å². The van der Waals surface area contributed by atoms with Crippen LogP contribution in [-0.2, 0) is 0 Å². The van der Waals surface area contributed by atoms with Gasteiger partial charge in [-0.1, -0.05) is 35.9 Å². The number of hydrogen-bond acceptors (Lipinski definition) is 1. The van der Waals surface area contributed by atoms with Crippen LogP contribution in [0.5, 0.6) is 0 Å².